The highest BCUT2D eigenvalue weighted by atomic mass is 32.1. The molecule has 0 unspecified atom stereocenters. The Morgan fingerprint density at radius 1 is 1.41 bits per heavy atom. The Hall–Kier alpha value is -1.41. The summed E-state index contributed by atoms with van der Waals surface area (Å²) in [5.41, 5.74) is 0.815. The quantitative estimate of drug-likeness (QED) is 0.785. The molecule has 3 nitrogen and oxygen atoms in total. The van der Waals surface area contributed by atoms with E-state index in [1.807, 2.05) is 0 Å². The molecular weight excluding hydrogens is 273 g/mol. The molecule has 1 heterocycles. The Labute approximate surface area is 102 Å². The maximum Gasteiger partial charge on any atom is 0.471 e. The number of nitrogens with one attached hydrogen (secondary N) is 2. The number of halogens is 3. The molecule has 90 valence electrons. The van der Waals surface area contributed by atoms with Crippen LogP contribution in [0, 0.1) is 3.95 Å². The Morgan fingerprint density at radius 3 is 2.76 bits per heavy atom. The molecule has 2 aromatic rings. The molecular formula is C9H5F3N2OS2. The van der Waals surface area contributed by atoms with Gasteiger partial charge in [-0.25, -0.2) is 0 Å². The van der Waals surface area contributed by atoms with E-state index in [1.165, 1.54) is 23.5 Å². The average Bonchev–Trinajstić information content (AvgIpc) is 2.55. The van der Waals surface area contributed by atoms with Gasteiger partial charge in [-0.3, -0.25) is 4.79 Å². The highest BCUT2D eigenvalue weighted by Crippen LogP contribution is 2.24. The van der Waals surface area contributed by atoms with Crippen molar-refractivity contribution in [2.24, 2.45) is 0 Å². The molecule has 0 fully saturated rings. The molecule has 0 spiro atoms. The zero-order chi connectivity index (χ0) is 12.6. The van der Waals surface area contributed by atoms with Gasteiger partial charge in [-0.1, -0.05) is 0 Å². The summed E-state index contributed by atoms with van der Waals surface area (Å²) in [5, 5.41) is 1.78. The molecule has 2 N–H and O–H groups in total. The zero-order valence-corrected chi connectivity index (χ0v) is 9.72. The fourth-order valence-electron chi connectivity index (χ4n) is 1.23. The monoisotopic (exact) mass is 278 g/mol. The Bertz CT molecular complexity index is 629. The van der Waals surface area contributed by atoms with Gasteiger partial charge in [-0.15, -0.1) is 11.3 Å². The van der Waals surface area contributed by atoms with Crippen molar-refractivity contribution < 1.29 is 18.0 Å². The number of H-pyrrole nitrogens is 1. The number of benzene rings is 1. The van der Waals surface area contributed by atoms with Crippen molar-refractivity contribution in [2.75, 3.05) is 5.32 Å². The van der Waals surface area contributed by atoms with Gasteiger partial charge in [0.05, 0.1) is 10.2 Å². The third-order valence-electron chi connectivity index (χ3n) is 1.94. The third kappa shape index (κ3) is 2.64. The molecule has 8 heteroatoms. The first-order valence-electron chi connectivity index (χ1n) is 4.37. The fourth-order valence-corrected chi connectivity index (χ4v) is 2.38. The second-order valence-corrected chi connectivity index (χ2v) is 4.90. The summed E-state index contributed by atoms with van der Waals surface area (Å²) in [5.74, 6) is -1.99. The van der Waals surface area contributed by atoms with Crippen LogP contribution in [-0.4, -0.2) is 17.1 Å². The Balaban J connectivity index is 2.31. The molecule has 0 aliphatic rings. The maximum atomic E-state index is 12.0. The summed E-state index contributed by atoms with van der Waals surface area (Å²) in [6, 6.07) is 4.38. The van der Waals surface area contributed by atoms with Crippen LogP contribution in [0.5, 0.6) is 0 Å². The lowest BCUT2D eigenvalue weighted by atomic mass is 10.3. The van der Waals surface area contributed by atoms with Crippen molar-refractivity contribution in [1.82, 2.24) is 4.98 Å². The van der Waals surface area contributed by atoms with E-state index in [-0.39, 0.29) is 5.69 Å². The first kappa shape index (κ1) is 12.1. The Morgan fingerprint density at radius 2 is 2.12 bits per heavy atom. The molecule has 17 heavy (non-hydrogen) atoms. The normalized spacial score (nSPS) is 11.7. The van der Waals surface area contributed by atoms with Crippen LogP contribution in [0.15, 0.2) is 18.2 Å². The maximum absolute atomic E-state index is 12.0. The van der Waals surface area contributed by atoms with Crippen LogP contribution in [0.4, 0.5) is 18.9 Å². The largest absolute Gasteiger partial charge is 0.471 e. The summed E-state index contributed by atoms with van der Waals surface area (Å²) in [6.45, 7) is 0. The van der Waals surface area contributed by atoms with Crippen LogP contribution in [-0.2, 0) is 4.79 Å². The number of thiazole rings is 1. The number of rotatable bonds is 1. The first-order valence-corrected chi connectivity index (χ1v) is 5.60. The number of alkyl halides is 3. The van der Waals surface area contributed by atoms with Crippen LogP contribution < -0.4 is 5.32 Å². The van der Waals surface area contributed by atoms with E-state index in [0.29, 0.717) is 8.65 Å². The molecule has 1 aromatic carbocycles. The number of aromatic nitrogens is 1. The van der Waals surface area contributed by atoms with E-state index in [2.05, 4.69) is 4.98 Å². The van der Waals surface area contributed by atoms with Crippen LogP contribution in [0.25, 0.3) is 10.2 Å². The molecule has 0 radical (unpaired) electrons. The van der Waals surface area contributed by atoms with Gasteiger partial charge in [0, 0.05) is 5.69 Å². The van der Waals surface area contributed by atoms with E-state index in [0.717, 1.165) is 5.52 Å². The summed E-state index contributed by atoms with van der Waals surface area (Å²) < 4.78 is 37.3. The van der Waals surface area contributed by atoms with Crippen LogP contribution in [0.2, 0.25) is 0 Å². The molecule has 0 aliphatic heterocycles. The van der Waals surface area contributed by atoms with Crippen LogP contribution in [0.1, 0.15) is 0 Å². The molecule has 0 saturated carbocycles. The lowest BCUT2D eigenvalue weighted by Gasteiger charge is -2.07. The second-order valence-electron chi connectivity index (χ2n) is 3.18. The number of anilines is 1. The van der Waals surface area contributed by atoms with Crippen molar-refractivity contribution in [2.45, 2.75) is 6.18 Å². The second kappa shape index (κ2) is 4.11. The molecule has 0 atom stereocenters. The van der Waals surface area contributed by atoms with Gasteiger partial charge in [0.25, 0.3) is 0 Å². The van der Waals surface area contributed by atoms with Gasteiger partial charge in [0.2, 0.25) is 0 Å². The smallest absolute Gasteiger partial charge is 0.337 e. The SMILES string of the molecule is O=C(Nc1ccc2[nH]c(=S)sc2c1)C(F)(F)F. The van der Waals surface area contributed by atoms with Crippen molar-refractivity contribution in [3.8, 4) is 0 Å². The zero-order valence-electron chi connectivity index (χ0n) is 8.09. The molecule has 1 amide bonds. The van der Waals surface area contributed by atoms with E-state index in [4.69, 9.17) is 12.2 Å². The van der Waals surface area contributed by atoms with Gasteiger partial charge in [-0.05, 0) is 30.4 Å². The molecule has 2 rings (SSSR count). The lowest BCUT2D eigenvalue weighted by Crippen LogP contribution is -2.29. The average molecular weight is 278 g/mol. The molecule has 0 aliphatic carbocycles. The number of hydrogen-bond donors (Lipinski definition) is 2. The minimum Gasteiger partial charge on any atom is -0.337 e. The lowest BCUT2D eigenvalue weighted by molar-refractivity contribution is -0.167. The van der Waals surface area contributed by atoms with Gasteiger partial charge in [0.1, 0.15) is 0 Å². The summed E-state index contributed by atoms with van der Waals surface area (Å²) in [6.07, 6.45) is -4.89. The summed E-state index contributed by atoms with van der Waals surface area (Å²) in [7, 11) is 0. The predicted octanol–water partition coefficient (Wildman–Crippen LogP) is 3.46. The van der Waals surface area contributed by atoms with Crippen LogP contribution >= 0.6 is 23.6 Å². The van der Waals surface area contributed by atoms with Crippen LogP contribution in [0.3, 0.4) is 0 Å². The van der Waals surface area contributed by atoms with Crippen molar-refractivity contribution >= 4 is 45.4 Å². The fraction of sp³-hybridized carbons (Fsp3) is 0.111. The standard InChI is InChI=1S/C9H5F3N2OS2/c10-9(11,12)7(15)13-4-1-2-5-6(3-4)17-8(16)14-5/h1-3H,(H,13,15)(H,14,16). The van der Waals surface area contributed by atoms with E-state index in [1.54, 1.807) is 11.4 Å². The summed E-state index contributed by atoms with van der Waals surface area (Å²) in [4.78, 5) is 13.6. The minimum absolute atomic E-state index is 0.0880. The van der Waals surface area contributed by atoms with Crippen molar-refractivity contribution in [3.05, 3.63) is 22.2 Å². The van der Waals surface area contributed by atoms with E-state index >= 15 is 0 Å². The number of carbonyl (C=O) groups is 1. The highest BCUT2D eigenvalue weighted by molar-refractivity contribution is 7.73. The number of hydrogen-bond acceptors (Lipinski definition) is 3. The van der Waals surface area contributed by atoms with Crippen molar-refractivity contribution in [1.29, 1.82) is 0 Å². The van der Waals surface area contributed by atoms with E-state index in [9.17, 15) is 18.0 Å². The molecule has 0 bridgehead atoms. The Kier molecular flexibility index (Phi) is 2.92. The highest BCUT2D eigenvalue weighted by Gasteiger charge is 2.38. The number of carbonyl (C=O) groups excluding carboxylic acids is 1. The molecule has 0 saturated heterocycles. The molecule has 1 aromatic heterocycles. The van der Waals surface area contributed by atoms with Gasteiger partial charge < -0.3 is 10.3 Å². The van der Waals surface area contributed by atoms with Crippen molar-refractivity contribution in [3.63, 3.8) is 0 Å². The number of aromatic amines is 1. The van der Waals surface area contributed by atoms with Gasteiger partial charge in [0.15, 0.2) is 3.95 Å². The minimum atomic E-state index is -4.89. The number of amides is 1. The first-order chi connectivity index (χ1) is 7.86. The predicted molar refractivity (Wildman–Crippen MR) is 61.7 cm³/mol. The third-order valence-corrected chi connectivity index (χ3v) is 3.13. The summed E-state index contributed by atoms with van der Waals surface area (Å²) >= 11 is 6.13. The topological polar surface area (TPSA) is 44.9 Å². The van der Waals surface area contributed by atoms with E-state index < -0.39 is 12.1 Å². The van der Waals surface area contributed by atoms with Gasteiger partial charge in [-0.2, -0.15) is 13.2 Å². The van der Waals surface area contributed by atoms with Gasteiger partial charge >= 0.3 is 12.1 Å². The number of fused-ring (bicyclic) bond motifs is 1.